The van der Waals surface area contributed by atoms with E-state index >= 15 is 0 Å². The number of hydrogen-bond acceptors (Lipinski definition) is 4. The minimum atomic E-state index is -5.61. The minimum absolute atomic E-state index is 0. The van der Waals surface area contributed by atoms with E-state index in [1.165, 1.54) is 0 Å². The van der Waals surface area contributed by atoms with Gasteiger partial charge in [0, 0.05) is 0 Å². The van der Waals surface area contributed by atoms with Crippen molar-refractivity contribution in [1.29, 1.82) is 0 Å². The van der Waals surface area contributed by atoms with E-state index in [4.69, 9.17) is 19.2 Å². The van der Waals surface area contributed by atoms with Gasteiger partial charge in [0.2, 0.25) is 0 Å². The second-order valence-corrected chi connectivity index (χ2v) is 1.50. The summed E-state index contributed by atoms with van der Waals surface area (Å²) in [5, 5.41) is 0. The molecule has 0 bridgehead atoms. The normalized spacial score (nSPS) is 7.50. The molecule has 39 valence electrons. The molecule has 8 heavy (non-hydrogen) atoms. The molecule has 0 aliphatic carbocycles. The summed E-state index contributed by atoms with van der Waals surface area (Å²) in [5.41, 5.74) is 0. The van der Waals surface area contributed by atoms with Crippen LogP contribution in [0.4, 0.5) is 0 Å². The Kier molecular flexibility index (Phi) is 29.8. The summed E-state index contributed by atoms with van der Waals surface area (Å²) in [7, 11) is -5.61. The molecule has 0 aromatic rings. The summed E-state index contributed by atoms with van der Waals surface area (Å²) in [6.45, 7) is 0. The van der Waals surface area contributed by atoms with E-state index in [0.717, 1.165) is 0 Å². The summed E-state index contributed by atoms with van der Waals surface area (Å²) in [6, 6.07) is 0. The van der Waals surface area contributed by atoms with Crippen LogP contribution in [0.25, 0.3) is 0 Å². The summed E-state index contributed by atoms with van der Waals surface area (Å²) in [5.74, 6) is 0. The van der Waals surface area contributed by atoms with Crippen molar-refractivity contribution in [2.45, 2.75) is 0 Å². The third-order valence-corrected chi connectivity index (χ3v) is 0. The molecule has 1 radical (unpaired) electrons. The van der Waals surface area contributed by atoms with Crippen LogP contribution >= 0.6 is 0 Å². The predicted molar refractivity (Wildman–Crippen MR) is 17.3 cm³/mol. The fourth-order valence-corrected chi connectivity index (χ4v) is 0. The third kappa shape index (κ3) is 55.1. The van der Waals surface area contributed by atoms with Crippen molar-refractivity contribution >= 4 is 77.6 Å². The van der Waals surface area contributed by atoms with Gasteiger partial charge in [-0.2, -0.15) is 0 Å². The van der Waals surface area contributed by atoms with E-state index in [-0.39, 0.29) is 107 Å². The maximum absolute atomic E-state index is 8.58. The molecule has 0 aromatic heterocycles. The zero-order valence-electron chi connectivity index (χ0n) is 3.86. The van der Waals surface area contributed by atoms with E-state index in [1.54, 1.807) is 0 Å². The van der Waals surface area contributed by atoms with Crippen molar-refractivity contribution in [2.75, 3.05) is 0 Å². The van der Waals surface area contributed by atoms with Gasteiger partial charge in [-0.3, -0.25) is 0 Å². The number of rotatable bonds is 0. The van der Waals surface area contributed by atoms with Gasteiger partial charge in [0.05, 0.1) is 0 Å². The molecule has 0 N–H and O–H groups in total. The van der Waals surface area contributed by atoms with Crippen molar-refractivity contribution in [3.05, 3.63) is 0 Å². The Morgan fingerprint density at radius 2 is 0.875 bits per heavy atom. The predicted octanol–water partition coefficient (Wildman–Crippen LogP) is -5.90. The van der Waals surface area contributed by atoms with Gasteiger partial charge in [-0.25, -0.2) is 0 Å². The van der Waals surface area contributed by atoms with Gasteiger partial charge in [-0.15, -0.1) is 0 Å². The zero-order valence-corrected chi connectivity index (χ0v) is 11.8. The first-order valence-corrected chi connectivity index (χ1v) is 2.45. The molecule has 0 atom stereocenters. The molecule has 0 rings (SSSR count). The largest absolute Gasteiger partial charge is 3.00 e. The summed E-state index contributed by atoms with van der Waals surface area (Å²) in [4.78, 5) is 34.3. The van der Waals surface area contributed by atoms with Crippen LogP contribution in [0.2, 0.25) is 0 Å². The minimum Gasteiger partial charge on any atom is -0.894 e. The Balaban J connectivity index is -0.0000000267. The molecule has 0 unspecified atom stereocenters. The second kappa shape index (κ2) is 10.6. The first-order chi connectivity index (χ1) is 2.00. The van der Waals surface area contributed by atoms with Gasteiger partial charge in [-0.05, 0) is 0 Å². The quantitative estimate of drug-likeness (QED) is 0.399. The van der Waals surface area contributed by atoms with Gasteiger partial charge in [0.1, 0.15) is 0 Å². The fourth-order valence-electron chi connectivity index (χ4n) is 0. The average Bonchev–Trinajstić information content (AvgIpc) is 0.722. The number of hydrogen-bond donors (Lipinski definition) is 0. The molecule has 0 fully saturated rings. The summed E-state index contributed by atoms with van der Waals surface area (Å²) < 4.78 is 0. The molecule has 0 aromatic carbocycles. The Labute approximate surface area is 132 Å². The van der Waals surface area contributed by atoms with Crippen LogP contribution < -0.4 is 19.2 Å². The molecule has 0 heterocycles. The molecule has 0 aliphatic rings. The monoisotopic (exact) mass is 368 g/mol. The van der Waals surface area contributed by atoms with Crippen LogP contribution in [0.5, 0.6) is 0 Å². The first-order valence-electron chi connectivity index (χ1n) is 0.816. The Morgan fingerprint density at radius 3 is 0.875 bits per heavy atom. The smallest absolute Gasteiger partial charge is 0.894 e. The van der Waals surface area contributed by atoms with E-state index in [9.17, 15) is 0 Å². The van der Waals surface area contributed by atoms with Crippen LogP contribution in [0, 0.1) is 38.2 Å². The van der Waals surface area contributed by atoms with Crippen LogP contribution in [0.1, 0.15) is 0 Å². The van der Waals surface area contributed by atoms with Crippen molar-refractivity contribution in [1.82, 2.24) is 0 Å². The Morgan fingerprint density at radius 1 is 0.875 bits per heavy atom. The van der Waals surface area contributed by atoms with Gasteiger partial charge in [0.15, 0.2) is 0 Å². The van der Waals surface area contributed by atoms with Crippen LogP contribution in [-0.2, 0) is 0 Å². The topological polar surface area (TPSA) is 92.2 Å². The van der Waals surface area contributed by atoms with E-state index < -0.39 is 9.05 Å². The van der Waals surface area contributed by atoms with Crippen LogP contribution in [-0.4, -0.2) is 77.6 Å². The maximum Gasteiger partial charge on any atom is 3.00 e. The zero-order chi connectivity index (χ0) is 4.50. The molecule has 0 saturated carbocycles. The molecule has 8 heteroatoms. The standard InChI is InChI=1S/Dy.Mg.O4Si.Sr/c;;1-5(2,3)4;/q+3;+2;-4;+2. The fraction of sp³-hybridized carbons (Fsp3) is 0. The van der Waals surface area contributed by atoms with Gasteiger partial charge >= 0.3 is 107 Å². The van der Waals surface area contributed by atoms with Crippen molar-refractivity contribution in [3.63, 3.8) is 0 Å². The molecule has 0 spiro atoms. The van der Waals surface area contributed by atoms with E-state index in [0.29, 0.717) is 0 Å². The summed E-state index contributed by atoms with van der Waals surface area (Å²) >= 11 is 0. The third-order valence-electron chi connectivity index (χ3n) is 0. The average molecular weight is 367 g/mol. The molecule has 0 amide bonds. The first kappa shape index (κ1) is 22.6. The molecule has 4 nitrogen and oxygen atoms in total. The van der Waals surface area contributed by atoms with Gasteiger partial charge < -0.3 is 28.2 Å². The molecule has 0 saturated heterocycles. The summed E-state index contributed by atoms with van der Waals surface area (Å²) in [6.07, 6.45) is 0. The van der Waals surface area contributed by atoms with Crippen LogP contribution in [0.3, 0.4) is 0 Å². The van der Waals surface area contributed by atoms with E-state index in [2.05, 4.69) is 0 Å². The van der Waals surface area contributed by atoms with Crippen molar-refractivity contribution in [3.8, 4) is 0 Å². The molecular formula is DyMgO4SiSr+3. The second-order valence-electron chi connectivity index (χ2n) is 0.500. The van der Waals surface area contributed by atoms with Crippen LogP contribution in [0.15, 0.2) is 0 Å². The van der Waals surface area contributed by atoms with Crippen molar-refractivity contribution < 1.29 is 57.4 Å². The Bertz CT molecular complexity index is 31.5. The van der Waals surface area contributed by atoms with Gasteiger partial charge in [-0.1, -0.05) is 0 Å². The Hall–Kier alpha value is 3.58. The molecule has 0 aliphatic heterocycles. The SMILES string of the molecule is [Dy+3].[Mg+2].[O-][Si]([O-])([O-])[O-].[Sr+2]. The van der Waals surface area contributed by atoms with E-state index in [1.807, 2.05) is 0 Å². The molecular weight excluding hydrogens is 367 g/mol. The van der Waals surface area contributed by atoms with Crippen molar-refractivity contribution in [2.24, 2.45) is 0 Å². The van der Waals surface area contributed by atoms with Gasteiger partial charge in [0.25, 0.3) is 0 Å². The maximum atomic E-state index is 8.58.